The Morgan fingerprint density at radius 3 is 2.53 bits per heavy atom. The smallest absolute Gasteiger partial charge is 0.264 e. The number of para-hydroxylation sites is 1. The lowest BCUT2D eigenvalue weighted by Crippen LogP contribution is -2.50. The standard InChI is InChI=1S/C25H21N3O6/c1-33-19-11-10-17-21(22(19)34-2)25(32)28-18-9-4-3-8-16(18)24(31)27(23(17)28)13-20(30)26-14-6-5-7-15(29)12-14/h3-12,23,29H,13H2,1-2H3,(H,26,30). The molecule has 0 aromatic heterocycles. The van der Waals surface area contributed by atoms with Crippen LogP contribution in [0.15, 0.2) is 60.7 Å². The third-order valence-corrected chi connectivity index (χ3v) is 5.93. The Morgan fingerprint density at radius 2 is 1.79 bits per heavy atom. The molecule has 34 heavy (non-hydrogen) atoms. The molecule has 0 fully saturated rings. The number of hydrogen-bond acceptors (Lipinski definition) is 6. The van der Waals surface area contributed by atoms with Gasteiger partial charge in [0.25, 0.3) is 11.8 Å². The van der Waals surface area contributed by atoms with Crippen LogP contribution < -0.4 is 19.7 Å². The second kappa shape index (κ2) is 8.11. The molecule has 0 aliphatic carbocycles. The number of nitrogens with zero attached hydrogens (tertiary/aromatic N) is 2. The van der Waals surface area contributed by atoms with Crippen LogP contribution in [0.2, 0.25) is 0 Å². The summed E-state index contributed by atoms with van der Waals surface area (Å²) < 4.78 is 10.9. The lowest BCUT2D eigenvalue weighted by atomic mass is 10.0. The minimum atomic E-state index is -0.834. The first-order chi connectivity index (χ1) is 16.4. The number of hydrogen-bond donors (Lipinski definition) is 2. The highest BCUT2D eigenvalue weighted by atomic mass is 16.5. The van der Waals surface area contributed by atoms with Crippen molar-refractivity contribution >= 4 is 29.1 Å². The normalized spacial score (nSPS) is 16.0. The Hall–Kier alpha value is -4.53. The van der Waals surface area contributed by atoms with Crippen LogP contribution in [0.5, 0.6) is 17.2 Å². The van der Waals surface area contributed by atoms with Gasteiger partial charge in [-0.1, -0.05) is 24.3 Å². The first kappa shape index (κ1) is 21.3. The fourth-order valence-electron chi connectivity index (χ4n) is 4.52. The van der Waals surface area contributed by atoms with Crippen molar-refractivity contribution in [2.75, 3.05) is 31.0 Å². The van der Waals surface area contributed by atoms with E-state index in [2.05, 4.69) is 5.32 Å². The van der Waals surface area contributed by atoms with Crippen LogP contribution >= 0.6 is 0 Å². The summed E-state index contributed by atoms with van der Waals surface area (Å²) >= 11 is 0. The van der Waals surface area contributed by atoms with Gasteiger partial charge in [-0.3, -0.25) is 19.3 Å². The van der Waals surface area contributed by atoms with Gasteiger partial charge in [-0.25, -0.2) is 0 Å². The predicted octanol–water partition coefficient (Wildman–Crippen LogP) is 3.16. The summed E-state index contributed by atoms with van der Waals surface area (Å²) in [7, 11) is 2.93. The molecule has 0 bridgehead atoms. The molecular formula is C25H21N3O6. The second-order valence-corrected chi connectivity index (χ2v) is 7.86. The Morgan fingerprint density at radius 1 is 1.00 bits per heavy atom. The van der Waals surface area contributed by atoms with Crippen LogP contribution in [0, 0.1) is 0 Å². The van der Waals surface area contributed by atoms with E-state index < -0.39 is 12.1 Å². The molecule has 0 saturated heterocycles. The fourth-order valence-corrected chi connectivity index (χ4v) is 4.52. The topological polar surface area (TPSA) is 108 Å². The molecule has 0 saturated carbocycles. The molecule has 1 atom stereocenters. The SMILES string of the molecule is COc1ccc2c(c1OC)C(=O)N1c3ccccc3C(=O)N(CC(=O)Nc3cccc(O)c3)C21. The molecule has 2 N–H and O–H groups in total. The second-order valence-electron chi connectivity index (χ2n) is 7.86. The largest absolute Gasteiger partial charge is 0.508 e. The average Bonchev–Trinajstić information content (AvgIpc) is 3.13. The van der Waals surface area contributed by atoms with Gasteiger partial charge >= 0.3 is 0 Å². The molecule has 3 aromatic carbocycles. The molecule has 0 radical (unpaired) electrons. The number of carbonyl (C=O) groups excluding carboxylic acids is 3. The Kier molecular flexibility index (Phi) is 5.09. The van der Waals surface area contributed by atoms with Crippen LogP contribution in [0.25, 0.3) is 0 Å². The number of carbonyl (C=O) groups is 3. The minimum absolute atomic E-state index is 0.00307. The number of amides is 3. The monoisotopic (exact) mass is 459 g/mol. The molecule has 2 aliphatic heterocycles. The molecule has 2 aliphatic rings. The zero-order valence-electron chi connectivity index (χ0n) is 18.4. The van der Waals surface area contributed by atoms with Crippen molar-refractivity contribution < 1.29 is 29.0 Å². The maximum Gasteiger partial charge on any atom is 0.264 e. The maximum atomic E-state index is 13.6. The first-order valence-corrected chi connectivity index (χ1v) is 10.5. The van der Waals surface area contributed by atoms with E-state index in [0.29, 0.717) is 28.3 Å². The molecule has 9 heteroatoms. The van der Waals surface area contributed by atoms with Crippen molar-refractivity contribution in [1.29, 1.82) is 0 Å². The lowest BCUT2D eigenvalue weighted by molar-refractivity contribution is -0.117. The molecule has 0 spiro atoms. The highest BCUT2D eigenvalue weighted by Gasteiger charge is 2.50. The summed E-state index contributed by atoms with van der Waals surface area (Å²) in [4.78, 5) is 42.9. The molecule has 9 nitrogen and oxygen atoms in total. The van der Waals surface area contributed by atoms with Crippen molar-refractivity contribution in [3.63, 3.8) is 0 Å². The van der Waals surface area contributed by atoms with Gasteiger partial charge in [-0.15, -0.1) is 0 Å². The summed E-state index contributed by atoms with van der Waals surface area (Å²) in [6, 6.07) is 16.3. The minimum Gasteiger partial charge on any atom is -0.508 e. The molecule has 5 rings (SSSR count). The summed E-state index contributed by atoms with van der Waals surface area (Å²) in [5.74, 6) is -0.536. The summed E-state index contributed by atoms with van der Waals surface area (Å²) in [5.41, 5.74) is 1.99. The van der Waals surface area contributed by atoms with Gasteiger partial charge in [0.15, 0.2) is 11.5 Å². The Labute approximate surface area is 195 Å². The van der Waals surface area contributed by atoms with E-state index in [4.69, 9.17) is 9.47 Å². The molecule has 2 heterocycles. The number of rotatable bonds is 5. The first-order valence-electron chi connectivity index (χ1n) is 10.5. The van der Waals surface area contributed by atoms with Crippen LogP contribution in [0.4, 0.5) is 11.4 Å². The number of benzene rings is 3. The Balaban J connectivity index is 1.59. The number of ether oxygens (including phenoxy) is 2. The number of fused-ring (bicyclic) bond motifs is 5. The van der Waals surface area contributed by atoms with E-state index in [9.17, 15) is 19.5 Å². The summed E-state index contributed by atoms with van der Waals surface area (Å²) in [6.45, 7) is -0.314. The van der Waals surface area contributed by atoms with Crippen molar-refractivity contribution in [2.24, 2.45) is 0 Å². The van der Waals surface area contributed by atoms with Gasteiger partial charge in [-0.05, 0) is 30.3 Å². The quantitative estimate of drug-likeness (QED) is 0.607. The fraction of sp³-hybridized carbons (Fsp3) is 0.160. The number of phenols is 1. The van der Waals surface area contributed by atoms with Crippen LogP contribution in [0.1, 0.15) is 32.4 Å². The van der Waals surface area contributed by atoms with Gasteiger partial charge < -0.3 is 24.8 Å². The van der Waals surface area contributed by atoms with E-state index in [1.54, 1.807) is 48.5 Å². The van der Waals surface area contributed by atoms with Gasteiger partial charge in [-0.2, -0.15) is 0 Å². The number of methoxy groups -OCH3 is 2. The molecule has 1 unspecified atom stereocenters. The summed E-state index contributed by atoms with van der Waals surface area (Å²) in [6.07, 6.45) is -0.834. The van der Waals surface area contributed by atoms with E-state index in [-0.39, 0.29) is 35.4 Å². The van der Waals surface area contributed by atoms with Gasteiger partial charge in [0.1, 0.15) is 18.5 Å². The molecule has 172 valence electrons. The van der Waals surface area contributed by atoms with E-state index in [0.717, 1.165) is 0 Å². The number of phenolic OH excluding ortho intramolecular Hbond substituents is 1. The lowest BCUT2D eigenvalue weighted by Gasteiger charge is -2.40. The summed E-state index contributed by atoms with van der Waals surface area (Å²) in [5, 5.41) is 12.4. The molecular weight excluding hydrogens is 438 g/mol. The van der Waals surface area contributed by atoms with Gasteiger partial charge in [0.2, 0.25) is 5.91 Å². The molecule has 3 amide bonds. The van der Waals surface area contributed by atoms with Gasteiger partial charge in [0.05, 0.1) is 31.0 Å². The highest BCUT2D eigenvalue weighted by molar-refractivity contribution is 6.18. The van der Waals surface area contributed by atoms with Gasteiger partial charge in [0, 0.05) is 17.3 Å². The van der Waals surface area contributed by atoms with Crippen molar-refractivity contribution in [3.05, 3.63) is 77.4 Å². The van der Waals surface area contributed by atoms with Crippen molar-refractivity contribution in [2.45, 2.75) is 6.17 Å². The van der Waals surface area contributed by atoms with Crippen LogP contribution in [-0.2, 0) is 4.79 Å². The zero-order valence-corrected chi connectivity index (χ0v) is 18.4. The van der Waals surface area contributed by atoms with E-state index >= 15 is 0 Å². The number of aromatic hydroxyl groups is 1. The van der Waals surface area contributed by atoms with Crippen LogP contribution in [-0.4, -0.2) is 48.5 Å². The predicted molar refractivity (Wildman–Crippen MR) is 123 cm³/mol. The number of nitrogens with one attached hydrogen (secondary N) is 1. The molecule has 3 aromatic rings. The highest BCUT2D eigenvalue weighted by Crippen LogP contribution is 2.49. The average molecular weight is 459 g/mol. The Bertz CT molecular complexity index is 1340. The van der Waals surface area contributed by atoms with Crippen molar-refractivity contribution in [1.82, 2.24) is 4.90 Å². The third kappa shape index (κ3) is 3.21. The maximum absolute atomic E-state index is 13.6. The number of anilines is 2. The van der Waals surface area contributed by atoms with E-state index in [1.165, 1.54) is 36.2 Å². The van der Waals surface area contributed by atoms with E-state index in [1.807, 2.05) is 0 Å². The third-order valence-electron chi connectivity index (χ3n) is 5.93. The van der Waals surface area contributed by atoms with Crippen LogP contribution in [0.3, 0.4) is 0 Å². The zero-order chi connectivity index (χ0) is 24.0. The van der Waals surface area contributed by atoms with Crippen molar-refractivity contribution in [3.8, 4) is 17.2 Å².